The molecular weight excluding hydrogens is 292 g/mol. The number of rotatable bonds is 4. The average Bonchev–Trinajstić information content (AvgIpc) is 2.77. The monoisotopic (exact) mass is 318 g/mol. The maximum absolute atomic E-state index is 12.2. The molecule has 23 heavy (non-hydrogen) atoms. The van der Waals surface area contributed by atoms with Crippen LogP contribution >= 0.6 is 0 Å². The Morgan fingerprint density at radius 3 is 2.09 bits per heavy atom. The summed E-state index contributed by atoms with van der Waals surface area (Å²) in [5.74, 6) is -0.309. The Labute approximate surface area is 137 Å². The maximum Gasteiger partial charge on any atom is 0.253 e. The fraction of sp³-hybridized carbons (Fsp3) is 0.556. The summed E-state index contributed by atoms with van der Waals surface area (Å²) >= 11 is 0. The highest BCUT2D eigenvalue weighted by Crippen LogP contribution is 2.26. The third kappa shape index (κ3) is 4.79. The lowest BCUT2D eigenvalue weighted by molar-refractivity contribution is 0.0246. The summed E-state index contributed by atoms with van der Waals surface area (Å²) in [6.07, 6.45) is 5.80. The molecule has 0 atom stereocenters. The van der Waals surface area contributed by atoms with Gasteiger partial charge in [0, 0.05) is 31.8 Å². The van der Waals surface area contributed by atoms with E-state index in [4.69, 9.17) is 0 Å². The van der Waals surface area contributed by atoms with Gasteiger partial charge in [0.25, 0.3) is 11.8 Å². The molecule has 2 rings (SSSR count). The van der Waals surface area contributed by atoms with Gasteiger partial charge in [0.05, 0.1) is 5.60 Å². The van der Waals surface area contributed by atoms with E-state index in [9.17, 15) is 14.7 Å². The number of hydrogen-bond donors (Lipinski definition) is 2. The molecule has 0 aromatic heterocycles. The first-order valence-corrected chi connectivity index (χ1v) is 8.24. The van der Waals surface area contributed by atoms with E-state index in [1.807, 2.05) is 0 Å². The molecule has 0 aliphatic heterocycles. The van der Waals surface area contributed by atoms with Gasteiger partial charge in [-0.1, -0.05) is 25.7 Å². The predicted molar refractivity (Wildman–Crippen MR) is 89.4 cm³/mol. The Kier molecular flexibility index (Phi) is 5.77. The molecule has 0 bridgehead atoms. The molecule has 1 aromatic rings. The van der Waals surface area contributed by atoms with Crippen molar-refractivity contribution in [3.8, 4) is 0 Å². The molecule has 2 amide bonds. The minimum Gasteiger partial charge on any atom is -0.388 e. The summed E-state index contributed by atoms with van der Waals surface area (Å²) in [5, 5.41) is 13.4. The highest BCUT2D eigenvalue weighted by Gasteiger charge is 2.28. The molecule has 1 aliphatic rings. The van der Waals surface area contributed by atoms with Crippen LogP contribution in [0.25, 0.3) is 0 Å². The first-order chi connectivity index (χ1) is 10.9. The minimum absolute atomic E-state index is 0.0928. The van der Waals surface area contributed by atoms with Gasteiger partial charge in [-0.2, -0.15) is 0 Å². The molecule has 5 heteroatoms. The number of carbonyl (C=O) groups excluding carboxylic acids is 2. The van der Waals surface area contributed by atoms with Crippen molar-refractivity contribution in [1.29, 1.82) is 0 Å². The van der Waals surface area contributed by atoms with Crippen LogP contribution in [-0.2, 0) is 0 Å². The van der Waals surface area contributed by atoms with Crippen LogP contribution in [0.1, 0.15) is 59.2 Å². The van der Waals surface area contributed by atoms with E-state index < -0.39 is 5.60 Å². The summed E-state index contributed by atoms with van der Waals surface area (Å²) in [5.41, 5.74) is 0.263. The molecule has 0 saturated heterocycles. The second kappa shape index (κ2) is 7.59. The first-order valence-electron chi connectivity index (χ1n) is 8.24. The summed E-state index contributed by atoms with van der Waals surface area (Å²) in [6, 6.07) is 6.58. The van der Waals surface area contributed by atoms with Crippen molar-refractivity contribution in [2.75, 3.05) is 20.6 Å². The van der Waals surface area contributed by atoms with Crippen LogP contribution in [0.4, 0.5) is 0 Å². The fourth-order valence-corrected chi connectivity index (χ4v) is 2.93. The van der Waals surface area contributed by atoms with E-state index in [0.717, 1.165) is 38.5 Å². The first kappa shape index (κ1) is 17.5. The van der Waals surface area contributed by atoms with E-state index >= 15 is 0 Å². The lowest BCUT2D eigenvalue weighted by Gasteiger charge is -2.26. The lowest BCUT2D eigenvalue weighted by Crippen LogP contribution is -2.42. The number of carbonyl (C=O) groups is 2. The Morgan fingerprint density at radius 2 is 1.57 bits per heavy atom. The predicted octanol–water partition coefficient (Wildman–Crippen LogP) is 2.20. The van der Waals surface area contributed by atoms with Crippen molar-refractivity contribution in [3.63, 3.8) is 0 Å². The molecular formula is C18H26N2O3. The Bertz CT molecular complexity index is 544. The zero-order valence-corrected chi connectivity index (χ0v) is 14.0. The van der Waals surface area contributed by atoms with Gasteiger partial charge in [-0.25, -0.2) is 0 Å². The van der Waals surface area contributed by atoms with Gasteiger partial charge in [-0.3, -0.25) is 9.59 Å². The number of benzene rings is 1. The van der Waals surface area contributed by atoms with Gasteiger partial charge in [0.15, 0.2) is 0 Å². The lowest BCUT2D eigenvalue weighted by atomic mass is 9.94. The minimum atomic E-state index is -0.785. The van der Waals surface area contributed by atoms with Gasteiger partial charge in [0.1, 0.15) is 0 Å². The number of aliphatic hydroxyl groups is 1. The van der Waals surface area contributed by atoms with Crippen LogP contribution < -0.4 is 5.32 Å². The van der Waals surface area contributed by atoms with Crippen LogP contribution in [0.2, 0.25) is 0 Å². The van der Waals surface area contributed by atoms with Gasteiger partial charge in [-0.05, 0) is 37.1 Å². The van der Waals surface area contributed by atoms with Crippen LogP contribution in [0.15, 0.2) is 24.3 Å². The van der Waals surface area contributed by atoms with Gasteiger partial charge in [0.2, 0.25) is 0 Å². The third-order valence-electron chi connectivity index (χ3n) is 4.41. The van der Waals surface area contributed by atoms with E-state index in [1.54, 1.807) is 38.4 Å². The molecule has 1 aromatic carbocycles. The van der Waals surface area contributed by atoms with E-state index in [1.165, 1.54) is 4.90 Å². The average molecular weight is 318 g/mol. The Morgan fingerprint density at radius 1 is 1.04 bits per heavy atom. The van der Waals surface area contributed by atoms with E-state index in [2.05, 4.69) is 5.32 Å². The second-order valence-corrected chi connectivity index (χ2v) is 6.60. The zero-order chi connectivity index (χ0) is 16.9. The summed E-state index contributed by atoms with van der Waals surface area (Å²) in [4.78, 5) is 25.5. The van der Waals surface area contributed by atoms with Crippen molar-refractivity contribution in [3.05, 3.63) is 35.4 Å². The SMILES string of the molecule is CN(C)C(=O)c1ccc(C(=O)NCC2(O)CCCCCC2)cc1. The molecule has 0 spiro atoms. The van der Waals surface area contributed by atoms with E-state index in [-0.39, 0.29) is 18.4 Å². The summed E-state index contributed by atoms with van der Waals surface area (Å²) in [7, 11) is 3.38. The van der Waals surface area contributed by atoms with Crippen molar-refractivity contribution in [2.24, 2.45) is 0 Å². The highest BCUT2D eigenvalue weighted by molar-refractivity contribution is 5.97. The molecule has 5 nitrogen and oxygen atoms in total. The fourth-order valence-electron chi connectivity index (χ4n) is 2.93. The van der Waals surface area contributed by atoms with E-state index in [0.29, 0.717) is 11.1 Å². The van der Waals surface area contributed by atoms with Crippen LogP contribution in [0.5, 0.6) is 0 Å². The normalized spacial score (nSPS) is 17.2. The molecule has 1 saturated carbocycles. The molecule has 2 N–H and O–H groups in total. The highest BCUT2D eigenvalue weighted by atomic mass is 16.3. The Hall–Kier alpha value is -1.88. The number of hydrogen-bond acceptors (Lipinski definition) is 3. The largest absolute Gasteiger partial charge is 0.388 e. The van der Waals surface area contributed by atoms with Crippen LogP contribution in [-0.4, -0.2) is 48.1 Å². The zero-order valence-electron chi connectivity index (χ0n) is 14.0. The number of nitrogens with zero attached hydrogens (tertiary/aromatic N) is 1. The second-order valence-electron chi connectivity index (χ2n) is 6.60. The number of nitrogens with one attached hydrogen (secondary N) is 1. The van der Waals surface area contributed by atoms with Gasteiger partial charge in [-0.15, -0.1) is 0 Å². The quantitative estimate of drug-likeness (QED) is 0.836. The summed E-state index contributed by atoms with van der Waals surface area (Å²) in [6.45, 7) is 0.282. The van der Waals surface area contributed by atoms with Crippen LogP contribution in [0.3, 0.4) is 0 Å². The van der Waals surface area contributed by atoms with Crippen molar-refractivity contribution >= 4 is 11.8 Å². The van der Waals surface area contributed by atoms with Crippen LogP contribution in [0, 0.1) is 0 Å². The molecule has 1 aliphatic carbocycles. The molecule has 126 valence electrons. The molecule has 0 heterocycles. The van der Waals surface area contributed by atoms with Gasteiger partial charge < -0.3 is 15.3 Å². The topological polar surface area (TPSA) is 69.6 Å². The maximum atomic E-state index is 12.2. The summed E-state index contributed by atoms with van der Waals surface area (Å²) < 4.78 is 0. The Balaban J connectivity index is 1.94. The van der Waals surface area contributed by atoms with Crippen molar-refractivity contribution < 1.29 is 14.7 Å². The molecule has 1 fully saturated rings. The molecule has 0 radical (unpaired) electrons. The smallest absolute Gasteiger partial charge is 0.253 e. The third-order valence-corrected chi connectivity index (χ3v) is 4.41. The number of amides is 2. The molecule has 0 unspecified atom stereocenters. The standard InChI is InChI=1S/C18H26N2O3/c1-20(2)17(22)15-9-7-14(8-10-15)16(21)19-13-18(23)11-5-3-4-6-12-18/h7-10,23H,3-6,11-13H2,1-2H3,(H,19,21). The van der Waals surface area contributed by atoms with Crippen molar-refractivity contribution in [1.82, 2.24) is 10.2 Å². The van der Waals surface area contributed by atoms with Crippen molar-refractivity contribution in [2.45, 2.75) is 44.1 Å². The van der Waals surface area contributed by atoms with Gasteiger partial charge >= 0.3 is 0 Å².